The lowest BCUT2D eigenvalue weighted by Crippen LogP contribution is -2.14. The largest absolute Gasteiger partial charge is 0.383 e. The van der Waals surface area contributed by atoms with Crippen LogP contribution < -0.4 is 11.5 Å². The van der Waals surface area contributed by atoms with Crippen molar-refractivity contribution in [2.75, 3.05) is 6.54 Å². The molecule has 1 aromatic heterocycles. The van der Waals surface area contributed by atoms with Gasteiger partial charge in [-0.3, -0.25) is 0 Å². The van der Waals surface area contributed by atoms with Gasteiger partial charge in [0.05, 0.1) is 0 Å². The van der Waals surface area contributed by atoms with Crippen molar-refractivity contribution < 1.29 is 0 Å². The van der Waals surface area contributed by atoms with Gasteiger partial charge in [0.1, 0.15) is 5.84 Å². The molecule has 1 heterocycles. The van der Waals surface area contributed by atoms with Gasteiger partial charge in [0.25, 0.3) is 0 Å². The molecule has 0 aliphatic rings. The standard InChI is InChI=1S/C9H13N3S/c1-6(4-10)12-9(11)8-3-7(2)13-5-8/h3,5H,1,4,10H2,2H3,(H2,11,12). The molecule has 0 bridgehead atoms. The van der Waals surface area contributed by atoms with E-state index in [1.165, 1.54) is 4.88 Å². The molecule has 4 heteroatoms. The summed E-state index contributed by atoms with van der Waals surface area (Å²) in [5.74, 6) is 0.486. The molecule has 0 aliphatic carbocycles. The molecule has 0 saturated heterocycles. The molecule has 0 amide bonds. The highest BCUT2D eigenvalue weighted by molar-refractivity contribution is 7.10. The Morgan fingerprint density at radius 3 is 2.85 bits per heavy atom. The normalized spacial score (nSPS) is 11.7. The van der Waals surface area contributed by atoms with Crippen LogP contribution in [0, 0.1) is 6.92 Å². The fourth-order valence-corrected chi connectivity index (χ4v) is 1.55. The zero-order valence-electron chi connectivity index (χ0n) is 7.58. The molecule has 1 aromatic rings. The van der Waals surface area contributed by atoms with Crippen molar-refractivity contribution in [3.05, 3.63) is 34.2 Å². The Labute approximate surface area is 81.8 Å². The average Bonchev–Trinajstić information content (AvgIpc) is 2.51. The number of nitrogens with zero attached hydrogens (tertiary/aromatic N) is 1. The molecular formula is C9H13N3S. The number of amidine groups is 1. The Hall–Kier alpha value is -1.13. The Morgan fingerprint density at radius 1 is 1.69 bits per heavy atom. The number of thiophene rings is 1. The van der Waals surface area contributed by atoms with Crippen molar-refractivity contribution in [2.45, 2.75) is 6.92 Å². The van der Waals surface area contributed by atoms with Gasteiger partial charge >= 0.3 is 0 Å². The first-order chi connectivity index (χ1) is 6.13. The fourth-order valence-electron chi connectivity index (χ4n) is 0.858. The first-order valence-corrected chi connectivity index (χ1v) is 4.79. The quantitative estimate of drug-likeness (QED) is 0.563. The van der Waals surface area contributed by atoms with Gasteiger partial charge in [0, 0.05) is 28.1 Å². The van der Waals surface area contributed by atoms with Gasteiger partial charge in [-0.2, -0.15) is 0 Å². The lowest BCUT2D eigenvalue weighted by atomic mass is 10.3. The van der Waals surface area contributed by atoms with E-state index in [2.05, 4.69) is 11.6 Å². The topological polar surface area (TPSA) is 64.4 Å². The molecule has 0 atom stereocenters. The second-order valence-corrected chi connectivity index (χ2v) is 3.83. The predicted octanol–water partition coefficient (Wildman–Crippen LogP) is 1.23. The van der Waals surface area contributed by atoms with Crippen LogP contribution >= 0.6 is 11.3 Å². The van der Waals surface area contributed by atoms with Crippen molar-refractivity contribution >= 4 is 17.2 Å². The summed E-state index contributed by atoms with van der Waals surface area (Å²) >= 11 is 1.65. The van der Waals surface area contributed by atoms with E-state index in [1.807, 2.05) is 18.4 Å². The molecule has 0 aromatic carbocycles. The molecule has 0 saturated carbocycles. The zero-order chi connectivity index (χ0) is 9.84. The Balaban J connectivity index is 2.84. The van der Waals surface area contributed by atoms with E-state index in [-0.39, 0.29) is 0 Å². The maximum Gasteiger partial charge on any atom is 0.131 e. The van der Waals surface area contributed by atoms with Crippen LogP contribution in [-0.2, 0) is 0 Å². The summed E-state index contributed by atoms with van der Waals surface area (Å²) in [6, 6.07) is 1.99. The van der Waals surface area contributed by atoms with E-state index < -0.39 is 0 Å². The molecule has 0 radical (unpaired) electrons. The van der Waals surface area contributed by atoms with Gasteiger partial charge in [-0.25, -0.2) is 4.99 Å². The first kappa shape index (κ1) is 9.95. The van der Waals surface area contributed by atoms with Crippen molar-refractivity contribution in [3.63, 3.8) is 0 Å². The van der Waals surface area contributed by atoms with Crippen molar-refractivity contribution in [1.29, 1.82) is 0 Å². The van der Waals surface area contributed by atoms with E-state index in [1.54, 1.807) is 11.3 Å². The van der Waals surface area contributed by atoms with Gasteiger partial charge in [-0.1, -0.05) is 6.58 Å². The third kappa shape index (κ3) is 2.68. The molecule has 0 fully saturated rings. The molecule has 3 nitrogen and oxygen atoms in total. The minimum atomic E-state index is 0.337. The number of hydrogen-bond acceptors (Lipinski definition) is 3. The Morgan fingerprint density at radius 2 is 2.38 bits per heavy atom. The molecule has 70 valence electrons. The maximum atomic E-state index is 5.73. The van der Waals surface area contributed by atoms with Gasteiger partial charge in [-0.15, -0.1) is 11.3 Å². The number of aliphatic imine (C=N–C) groups is 1. The third-order valence-electron chi connectivity index (χ3n) is 1.54. The minimum Gasteiger partial charge on any atom is -0.383 e. The molecule has 0 unspecified atom stereocenters. The monoisotopic (exact) mass is 195 g/mol. The zero-order valence-corrected chi connectivity index (χ0v) is 8.40. The number of hydrogen-bond donors (Lipinski definition) is 2. The smallest absolute Gasteiger partial charge is 0.131 e. The summed E-state index contributed by atoms with van der Waals surface area (Å²) in [5, 5.41) is 1.97. The van der Waals surface area contributed by atoms with E-state index in [0.717, 1.165) is 5.56 Å². The van der Waals surface area contributed by atoms with Crippen LogP contribution in [0.4, 0.5) is 0 Å². The summed E-state index contributed by atoms with van der Waals surface area (Å²) in [6.45, 7) is 6.02. The summed E-state index contributed by atoms with van der Waals surface area (Å²) in [5.41, 5.74) is 12.6. The average molecular weight is 195 g/mol. The summed E-state index contributed by atoms with van der Waals surface area (Å²) in [4.78, 5) is 5.28. The summed E-state index contributed by atoms with van der Waals surface area (Å²) in [6.07, 6.45) is 0. The van der Waals surface area contributed by atoms with Gasteiger partial charge < -0.3 is 11.5 Å². The Kier molecular flexibility index (Phi) is 3.22. The highest BCUT2D eigenvalue weighted by Gasteiger charge is 2.00. The summed E-state index contributed by atoms with van der Waals surface area (Å²) in [7, 11) is 0. The summed E-state index contributed by atoms with van der Waals surface area (Å²) < 4.78 is 0. The highest BCUT2D eigenvalue weighted by Crippen LogP contribution is 2.12. The lowest BCUT2D eigenvalue weighted by Gasteiger charge is -1.97. The Bertz CT molecular complexity index is 338. The van der Waals surface area contributed by atoms with Gasteiger partial charge in [0.2, 0.25) is 0 Å². The van der Waals surface area contributed by atoms with Crippen LogP contribution in [0.15, 0.2) is 28.7 Å². The molecule has 0 aliphatic heterocycles. The van der Waals surface area contributed by atoms with Crippen LogP contribution in [0.5, 0.6) is 0 Å². The third-order valence-corrected chi connectivity index (χ3v) is 2.40. The number of nitrogens with two attached hydrogens (primary N) is 2. The minimum absolute atomic E-state index is 0.337. The SMILES string of the molecule is C=C(CN)N=C(N)c1csc(C)c1. The molecule has 0 spiro atoms. The first-order valence-electron chi connectivity index (χ1n) is 3.91. The van der Waals surface area contributed by atoms with Crippen molar-refractivity contribution in [3.8, 4) is 0 Å². The molecule has 4 N–H and O–H groups in total. The second-order valence-electron chi connectivity index (χ2n) is 2.71. The van der Waals surface area contributed by atoms with Crippen molar-refractivity contribution in [1.82, 2.24) is 0 Å². The van der Waals surface area contributed by atoms with Crippen LogP contribution in [-0.4, -0.2) is 12.4 Å². The van der Waals surface area contributed by atoms with Crippen molar-refractivity contribution in [2.24, 2.45) is 16.5 Å². The maximum absolute atomic E-state index is 5.73. The predicted molar refractivity (Wildman–Crippen MR) is 58.0 cm³/mol. The number of aryl methyl sites for hydroxylation is 1. The van der Waals surface area contributed by atoms with Gasteiger partial charge in [-0.05, 0) is 13.0 Å². The second kappa shape index (κ2) is 4.20. The lowest BCUT2D eigenvalue weighted by molar-refractivity contribution is 1.11. The van der Waals surface area contributed by atoms with Crippen LogP contribution in [0.3, 0.4) is 0 Å². The van der Waals surface area contributed by atoms with E-state index >= 15 is 0 Å². The fraction of sp³-hybridized carbons (Fsp3) is 0.222. The van der Waals surface area contributed by atoms with Crippen LogP contribution in [0.2, 0.25) is 0 Å². The van der Waals surface area contributed by atoms with Gasteiger partial charge in [0.15, 0.2) is 0 Å². The van der Waals surface area contributed by atoms with E-state index in [9.17, 15) is 0 Å². The molecule has 13 heavy (non-hydrogen) atoms. The molecular weight excluding hydrogens is 182 g/mol. The van der Waals surface area contributed by atoms with Crippen LogP contribution in [0.1, 0.15) is 10.4 Å². The highest BCUT2D eigenvalue weighted by atomic mass is 32.1. The molecule has 1 rings (SSSR count). The van der Waals surface area contributed by atoms with E-state index in [0.29, 0.717) is 18.1 Å². The van der Waals surface area contributed by atoms with Crippen LogP contribution in [0.25, 0.3) is 0 Å². The van der Waals surface area contributed by atoms with E-state index in [4.69, 9.17) is 11.5 Å². The number of rotatable bonds is 3.